The monoisotopic (exact) mass is 405 g/mol. The van der Waals surface area contributed by atoms with E-state index >= 15 is 0 Å². The van der Waals surface area contributed by atoms with Crippen LogP contribution >= 0.6 is 0 Å². The van der Waals surface area contributed by atoms with Gasteiger partial charge in [0.05, 0.1) is 32.9 Å². The van der Waals surface area contributed by atoms with Crippen molar-refractivity contribution in [3.05, 3.63) is 59.2 Å². The largest absolute Gasteiger partial charge is 0.495 e. The number of rotatable bonds is 7. The van der Waals surface area contributed by atoms with Crippen LogP contribution in [-0.2, 0) is 14.8 Å². The van der Waals surface area contributed by atoms with Gasteiger partial charge in [-0.1, -0.05) is 35.9 Å². The van der Waals surface area contributed by atoms with Gasteiger partial charge in [-0.15, -0.1) is 0 Å². The summed E-state index contributed by atoms with van der Waals surface area (Å²) >= 11 is 0. The first-order chi connectivity index (χ1) is 13.4. The molecule has 0 aromatic heterocycles. The van der Waals surface area contributed by atoms with Crippen LogP contribution in [0.3, 0.4) is 0 Å². The lowest BCUT2D eigenvalue weighted by Gasteiger charge is -2.28. The van der Waals surface area contributed by atoms with E-state index in [0.717, 1.165) is 29.8 Å². The molecule has 1 saturated heterocycles. The van der Waals surface area contributed by atoms with Crippen molar-refractivity contribution < 1.29 is 22.8 Å². The quantitative estimate of drug-likeness (QED) is 0.728. The van der Waals surface area contributed by atoms with Gasteiger partial charge >= 0.3 is 0 Å². The summed E-state index contributed by atoms with van der Waals surface area (Å²) in [6.07, 6.45) is 0. The van der Waals surface area contributed by atoms with Crippen LogP contribution in [0.5, 0.6) is 5.75 Å². The maximum Gasteiger partial charge on any atom is 0.245 e. The normalized spacial score (nSPS) is 16.7. The standard InChI is InChI=1S/C21H28N2O4S/c1-16-4-7-18(8-5-16)19(15-23-10-12-27-13-11-23)22-28(24,25)21-14-17(2)6-9-20(21)26-3/h4-9,14,19,22H,10-13,15H2,1-3H3/p+1/t19-/m1/s1. The predicted octanol–water partition coefficient (Wildman–Crippen LogP) is 1.25. The molecule has 1 heterocycles. The second kappa shape index (κ2) is 9.05. The first-order valence-electron chi connectivity index (χ1n) is 9.54. The molecule has 0 amide bonds. The van der Waals surface area contributed by atoms with E-state index in [0.29, 0.717) is 25.5 Å². The van der Waals surface area contributed by atoms with Gasteiger partial charge in [0.15, 0.2) is 0 Å². The highest BCUT2D eigenvalue weighted by Crippen LogP contribution is 2.26. The molecule has 3 rings (SSSR count). The second-order valence-corrected chi connectivity index (χ2v) is 8.99. The molecule has 0 unspecified atom stereocenters. The number of morpholine rings is 1. The Bertz CT molecular complexity index is 891. The van der Waals surface area contributed by atoms with E-state index in [-0.39, 0.29) is 10.9 Å². The van der Waals surface area contributed by atoms with Crippen molar-refractivity contribution in [2.45, 2.75) is 24.8 Å². The molecule has 1 atom stereocenters. The number of sulfonamides is 1. The molecule has 2 aromatic rings. The van der Waals surface area contributed by atoms with Crippen LogP contribution in [0, 0.1) is 13.8 Å². The molecule has 6 nitrogen and oxygen atoms in total. The Balaban J connectivity index is 1.91. The minimum Gasteiger partial charge on any atom is -0.495 e. The first-order valence-corrected chi connectivity index (χ1v) is 11.0. The topological polar surface area (TPSA) is 69.1 Å². The Labute approximate surface area is 167 Å². The second-order valence-electron chi connectivity index (χ2n) is 7.31. The Morgan fingerprint density at radius 3 is 2.36 bits per heavy atom. The van der Waals surface area contributed by atoms with Crippen molar-refractivity contribution in [2.75, 3.05) is 40.0 Å². The molecule has 1 aliphatic heterocycles. The molecule has 0 saturated carbocycles. The van der Waals surface area contributed by atoms with Gasteiger partial charge in [0.2, 0.25) is 10.0 Å². The molecule has 1 aliphatic rings. The zero-order chi connectivity index (χ0) is 20.1. The predicted molar refractivity (Wildman–Crippen MR) is 108 cm³/mol. The third-order valence-electron chi connectivity index (χ3n) is 5.08. The number of hydrogen-bond donors (Lipinski definition) is 2. The van der Waals surface area contributed by atoms with Crippen LogP contribution in [0.2, 0.25) is 0 Å². The lowest BCUT2D eigenvalue weighted by atomic mass is 10.1. The highest BCUT2D eigenvalue weighted by atomic mass is 32.2. The fourth-order valence-electron chi connectivity index (χ4n) is 3.42. The van der Waals surface area contributed by atoms with Crippen LogP contribution in [-0.4, -0.2) is 48.4 Å². The lowest BCUT2D eigenvalue weighted by Crippen LogP contribution is -3.14. The summed E-state index contributed by atoms with van der Waals surface area (Å²) in [5, 5.41) is 0. The number of benzene rings is 2. The van der Waals surface area contributed by atoms with Crippen LogP contribution in [0.1, 0.15) is 22.7 Å². The van der Waals surface area contributed by atoms with Gasteiger partial charge in [0.25, 0.3) is 0 Å². The molecule has 0 bridgehead atoms. The van der Waals surface area contributed by atoms with Gasteiger partial charge in [0.1, 0.15) is 23.7 Å². The number of ether oxygens (including phenoxy) is 2. The highest BCUT2D eigenvalue weighted by molar-refractivity contribution is 7.89. The molecular weight excluding hydrogens is 376 g/mol. The minimum absolute atomic E-state index is 0.170. The summed E-state index contributed by atoms with van der Waals surface area (Å²) in [7, 11) is -2.27. The van der Waals surface area contributed by atoms with E-state index in [2.05, 4.69) is 4.72 Å². The molecule has 1 fully saturated rings. The van der Waals surface area contributed by atoms with Crippen molar-refractivity contribution in [3.8, 4) is 5.75 Å². The molecular formula is C21H29N2O4S+. The van der Waals surface area contributed by atoms with E-state index in [9.17, 15) is 8.42 Å². The van der Waals surface area contributed by atoms with Crippen molar-refractivity contribution in [1.29, 1.82) is 0 Å². The summed E-state index contributed by atoms with van der Waals surface area (Å²) in [6.45, 7) is 7.71. The summed E-state index contributed by atoms with van der Waals surface area (Å²) in [4.78, 5) is 1.50. The van der Waals surface area contributed by atoms with Crippen LogP contribution < -0.4 is 14.4 Å². The average molecular weight is 406 g/mol. The molecule has 0 aliphatic carbocycles. The Kier molecular flexibility index (Phi) is 6.72. The molecule has 2 aromatic carbocycles. The number of hydrogen-bond acceptors (Lipinski definition) is 4. The van der Waals surface area contributed by atoms with E-state index < -0.39 is 10.0 Å². The molecule has 0 spiro atoms. The van der Waals surface area contributed by atoms with Crippen LogP contribution in [0.4, 0.5) is 0 Å². The Morgan fingerprint density at radius 1 is 1.07 bits per heavy atom. The SMILES string of the molecule is COc1ccc(C)cc1S(=O)(=O)N[C@H](C[NH+]1CCOCC1)c1ccc(C)cc1. The van der Waals surface area contributed by atoms with Gasteiger partial charge in [-0.2, -0.15) is 4.72 Å². The van der Waals surface area contributed by atoms with Gasteiger partial charge in [-0.3, -0.25) is 0 Å². The van der Waals surface area contributed by atoms with Gasteiger partial charge in [-0.05, 0) is 37.1 Å². The summed E-state index contributed by atoms with van der Waals surface area (Å²) in [6, 6.07) is 12.9. The van der Waals surface area contributed by atoms with E-state index in [1.54, 1.807) is 12.1 Å². The molecule has 7 heteroatoms. The number of methoxy groups -OCH3 is 1. The number of aryl methyl sites for hydroxylation is 2. The zero-order valence-corrected chi connectivity index (χ0v) is 17.5. The third kappa shape index (κ3) is 5.11. The van der Waals surface area contributed by atoms with E-state index in [4.69, 9.17) is 9.47 Å². The molecule has 0 radical (unpaired) electrons. The molecule has 2 N–H and O–H groups in total. The van der Waals surface area contributed by atoms with Gasteiger partial charge in [-0.25, -0.2) is 8.42 Å². The zero-order valence-electron chi connectivity index (χ0n) is 16.7. The van der Waals surface area contributed by atoms with Crippen molar-refractivity contribution in [1.82, 2.24) is 4.72 Å². The highest BCUT2D eigenvalue weighted by Gasteiger charge is 2.28. The average Bonchev–Trinajstić information content (AvgIpc) is 2.69. The van der Waals surface area contributed by atoms with Gasteiger partial charge < -0.3 is 14.4 Å². The maximum absolute atomic E-state index is 13.2. The molecule has 152 valence electrons. The first kappa shape index (κ1) is 20.8. The van der Waals surface area contributed by atoms with Crippen LogP contribution in [0.15, 0.2) is 47.4 Å². The summed E-state index contributed by atoms with van der Waals surface area (Å²) in [5.74, 6) is 0.347. The van der Waals surface area contributed by atoms with Crippen molar-refractivity contribution in [3.63, 3.8) is 0 Å². The summed E-state index contributed by atoms with van der Waals surface area (Å²) in [5.41, 5.74) is 2.97. The van der Waals surface area contributed by atoms with E-state index in [1.165, 1.54) is 12.0 Å². The maximum atomic E-state index is 13.2. The van der Waals surface area contributed by atoms with Gasteiger partial charge in [0, 0.05) is 0 Å². The number of quaternary nitrogens is 1. The van der Waals surface area contributed by atoms with E-state index in [1.807, 2.05) is 44.2 Å². The third-order valence-corrected chi connectivity index (χ3v) is 6.57. The van der Waals surface area contributed by atoms with Crippen molar-refractivity contribution >= 4 is 10.0 Å². The lowest BCUT2D eigenvalue weighted by molar-refractivity contribution is -0.909. The smallest absolute Gasteiger partial charge is 0.245 e. The fraction of sp³-hybridized carbons (Fsp3) is 0.429. The summed E-state index contributed by atoms with van der Waals surface area (Å²) < 4.78 is 40.1. The Morgan fingerprint density at radius 2 is 1.71 bits per heavy atom. The fourth-order valence-corrected chi connectivity index (χ4v) is 4.90. The number of nitrogens with one attached hydrogen (secondary N) is 2. The molecule has 28 heavy (non-hydrogen) atoms. The van der Waals surface area contributed by atoms with Crippen molar-refractivity contribution in [2.24, 2.45) is 0 Å². The minimum atomic E-state index is -3.75. The Hall–Kier alpha value is -1.93. The van der Waals surface area contributed by atoms with Crippen LogP contribution in [0.25, 0.3) is 0 Å².